The number of hydrogen-bond donors (Lipinski definition) is 1. The van der Waals surface area contributed by atoms with Gasteiger partial charge in [0.05, 0.1) is 44.3 Å². The lowest BCUT2D eigenvalue weighted by Crippen LogP contribution is -2.32. The van der Waals surface area contributed by atoms with E-state index in [1.807, 2.05) is 0 Å². The molecule has 1 N–H and O–H groups in total. The SMILES string of the molecule is COc1ncnc(OC)c1-n1c(NS(=O)(=O)C(C)C(C)c2ncc(Cl)cn2)nnc1[C@H]1COCCO1. The highest BCUT2D eigenvalue weighted by Crippen LogP contribution is 2.35. The van der Waals surface area contributed by atoms with Crippen molar-refractivity contribution in [2.75, 3.05) is 38.8 Å². The van der Waals surface area contributed by atoms with Crippen LogP contribution in [0.25, 0.3) is 5.69 Å². The molecule has 1 saturated heterocycles. The van der Waals surface area contributed by atoms with Crippen LogP contribution in [0.1, 0.15) is 37.5 Å². The zero-order valence-electron chi connectivity index (χ0n) is 20.0. The van der Waals surface area contributed by atoms with Gasteiger partial charge in [0.1, 0.15) is 18.3 Å². The fourth-order valence-corrected chi connectivity index (χ4v) is 4.85. The number of halogens is 1. The van der Waals surface area contributed by atoms with Crippen molar-refractivity contribution in [3.63, 3.8) is 0 Å². The van der Waals surface area contributed by atoms with Crippen molar-refractivity contribution in [1.29, 1.82) is 0 Å². The molecule has 4 heterocycles. The molecule has 0 amide bonds. The van der Waals surface area contributed by atoms with Gasteiger partial charge in [0.25, 0.3) is 0 Å². The third-order valence-corrected chi connectivity index (χ3v) is 7.68. The van der Waals surface area contributed by atoms with Gasteiger partial charge in [-0.05, 0) is 6.92 Å². The molecule has 2 unspecified atom stereocenters. The van der Waals surface area contributed by atoms with Crippen LogP contribution in [-0.2, 0) is 19.5 Å². The molecule has 0 aliphatic carbocycles. The lowest BCUT2D eigenvalue weighted by atomic mass is 10.1. The van der Waals surface area contributed by atoms with Gasteiger partial charge < -0.3 is 18.9 Å². The second-order valence-electron chi connectivity index (χ2n) is 7.79. The highest BCUT2D eigenvalue weighted by Gasteiger charge is 2.34. The third-order valence-electron chi connectivity index (χ3n) is 5.63. The predicted molar refractivity (Wildman–Crippen MR) is 127 cm³/mol. The Balaban J connectivity index is 1.77. The number of aromatic nitrogens is 7. The molecule has 3 atom stereocenters. The van der Waals surface area contributed by atoms with Crippen molar-refractivity contribution in [2.45, 2.75) is 31.1 Å². The van der Waals surface area contributed by atoms with Crippen molar-refractivity contribution >= 4 is 27.6 Å². The van der Waals surface area contributed by atoms with Gasteiger partial charge in [-0.15, -0.1) is 10.2 Å². The fourth-order valence-electron chi connectivity index (χ4n) is 3.52. The summed E-state index contributed by atoms with van der Waals surface area (Å²) in [5.74, 6) is 0.0797. The van der Waals surface area contributed by atoms with E-state index in [1.54, 1.807) is 6.92 Å². The lowest BCUT2D eigenvalue weighted by molar-refractivity contribution is -0.0941. The molecule has 1 aliphatic heterocycles. The zero-order chi connectivity index (χ0) is 25.9. The summed E-state index contributed by atoms with van der Waals surface area (Å²) >= 11 is 5.86. The van der Waals surface area contributed by atoms with E-state index in [0.717, 1.165) is 0 Å². The molecular formula is C20H25ClN8O6S. The minimum atomic E-state index is -4.04. The minimum Gasteiger partial charge on any atom is -0.479 e. The van der Waals surface area contributed by atoms with E-state index < -0.39 is 27.3 Å². The quantitative estimate of drug-likeness (QED) is 0.416. The average Bonchev–Trinajstić information content (AvgIpc) is 3.30. The number of methoxy groups -OCH3 is 2. The summed E-state index contributed by atoms with van der Waals surface area (Å²) in [7, 11) is -1.21. The molecule has 1 fully saturated rings. The highest BCUT2D eigenvalue weighted by molar-refractivity contribution is 7.93. The van der Waals surface area contributed by atoms with E-state index in [-0.39, 0.29) is 35.8 Å². The van der Waals surface area contributed by atoms with Gasteiger partial charge in [0.2, 0.25) is 27.7 Å². The van der Waals surface area contributed by atoms with Crippen LogP contribution in [-0.4, -0.2) is 82.4 Å². The van der Waals surface area contributed by atoms with Crippen LogP contribution in [0, 0.1) is 0 Å². The van der Waals surface area contributed by atoms with Gasteiger partial charge in [0.15, 0.2) is 11.5 Å². The number of rotatable bonds is 9. The maximum atomic E-state index is 13.4. The van der Waals surface area contributed by atoms with Gasteiger partial charge >= 0.3 is 0 Å². The van der Waals surface area contributed by atoms with Crippen molar-refractivity contribution in [3.05, 3.63) is 35.4 Å². The Hall–Kier alpha value is -3.14. The lowest BCUT2D eigenvalue weighted by Gasteiger charge is -2.24. The molecule has 0 aromatic carbocycles. The Morgan fingerprint density at radius 2 is 1.75 bits per heavy atom. The smallest absolute Gasteiger partial charge is 0.245 e. The highest BCUT2D eigenvalue weighted by atomic mass is 35.5. The van der Waals surface area contributed by atoms with Crippen LogP contribution in [0.2, 0.25) is 5.02 Å². The first-order valence-corrected chi connectivity index (χ1v) is 12.8. The molecule has 0 radical (unpaired) electrons. The number of anilines is 1. The van der Waals surface area contributed by atoms with Crippen molar-refractivity contribution in [2.24, 2.45) is 0 Å². The predicted octanol–water partition coefficient (Wildman–Crippen LogP) is 1.54. The molecule has 0 saturated carbocycles. The summed E-state index contributed by atoms with van der Waals surface area (Å²) in [6.07, 6.45) is 3.44. The third kappa shape index (κ3) is 5.18. The number of nitrogens with zero attached hydrogens (tertiary/aromatic N) is 7. The zero-order valence-corrected chi connectivity index (χ0v) is 21.5. The topological polar surface area (TPSA) is 165 Å². The Kier molecular flexibility index (Phi) is 7.82. The molecule has 3 aromatic rings. The Labute approximate surface area is 212 Å². The van der Waals surface area contributed by atoms with Crippen LogP contribution >= 0.6 is 11.6 Å². The molecule has 36 heavy (non-hydrogen) atoms. The van der Waals surface area contributed by atoms with E-state index in [9.17, 15) is 8.42 Å². The van der Waals surface area contributed by atoms with Gasteiger partial charge in [-0.3, -0.25) is 9.29 Å². The molecule has 4 rings (SSSR count). The summed E-state index contributed by atoms with van der Waals surface area (Å²) in [6, 6.07) is 0. The maximum absolute atomic E-state index is 13.4. The van der Waals surface area contributed by atoms with Gasteiger partial charge in [-0.2, -0.15) is 9.97 Å². The normalized spacial score (nSPS) is 17.9. The number of hydrogen-bond acceptors (Lipinski definition) is 12. The summed E-state index contributed by atoms with van der Waals surface area (Å²) < 4.78 is 52.9. The van der Waals surface area contributed by atoms with Gasteiger partial charge in [0, 0.05) is 18.3 Å². The van der Waals surface area contributed by atoms with Crippen LogP contribution in [0.15, 0.2) is 18.7 Å². The Bertz CT molecular complexity index is 1280. The molecule has 0 spiro atoms. The van der Waals surface area contributed by atoms with E-state index in [0.29, 0.717) is 24.1 Å². The minimum absolute atomic E-state index is 0.107. The van der Waals surface area contributed by atoms with E-state index in [2.05, 4.69) is 34.9 Å². The van der Waals surface area contributed by atoms with Crippen LogP contribution in [0.5, 0.6) is 11.8 Å². The Morgan fingerprint density at radius 1 is 1.08 bits per heavy atom. The fraction of sp³-hybridized carbons (Fsp3) is 0.500. The molecule has 0 bridgehead atoms. The standard InChI is InChI=1S/C20H25ClN8O6S/c1-11(16-22-7-13(21)8-23-16)12(2)36(30,31)28-20-27-26-17(14-9-34-5-6-35-14)29(20)15-18(32-3)24-10-25-19(15)33-4/h7-8,10-12,14H,5-6,9H2,1-4H3,(H,27,28)/t11?,12?,14-/m1/s1. The molecule has 14 nitrogen and oxygen atoms in total. The molecule has 194 valence electrons. The second kappa shape index (κ2) is 10.9. The summed E-state index contributed by atoms with van der Waals surface area (Å²) in [6.45, 7) is 4.18. The largest absolute Gasteiger partial charge is 0.479 e. The first kappa shape index (κ1) is 25.9. The van der Waals surface area contributed by atoms with Crippen LogP contribution < -0.4 is 14.2 Å². The molecule has 3 aromatic heterocycles. The Morgan fingerprint density at radius 3 is 2.33 bits per heavy atom. The van der Waals surface area contributed by atoms with Gasteiger partial charge in [-0.1, -0.05) is 18.5 Å². The van der Waals surface area contributed by atoms with Crippen LogP contribution in [0.4, 0.5) is 5.95 Å². The first-order chi connectivity index (χ1) is 17.3. The number of sulfonamides is 1. The maximum Gasteiger partial charge on any atom is 0.245 e. The van der Waals surface area contributed by atoms with Gasteiger partial charge in [-0.25, -0.2) is 18.4 Å². The number of nitrogens with one attached hydrogen (secondary N) is 1. The second-order valence-corrected chi connectivity index (χ2v) is 10.3. The monoisotopic (exact) mass is 540 g/mol. The van der Waals surface area contributed by atoms with E-state index in [1.165, 1.54) is 44.4 Å². The van der Waals surface area contributed by atoms with Crippen molar-refractivity contribution < 1.29 is 27.4 Å². The average molecular weight is 541 g/mol. The summed E-state index contributed by atoms with van der Waals surface area (Å²) in [5.41, 5.74) is 0.191. The summed E-state index contributed by atoms with van der Waals surface area (Å²) in [5, 5.41) is 7.69. The van der Waals surface area contributed by atoms with Crippen molar-refractivity contribution in [3.8, 4) is 17.4 Å². The molecule has 1 aliphatic rings. The first-order valence-electron chi connectivity index (χ1n) is 10.8. The molecular weight excluding hydrogens is 516 g/mol. The van der Waals surface area contributed by atoms with E-state index >= 15 is 0 Å². The van der Waals surface area contributed by atoms with Crippen molar-refractivity contribution in [1.82, 2.24) is 34.7 Å². The van der Waals surface area contributed by atoms with E-state index in [4.69, 9.17) is 30.5 Å². The molecule has 16 heteroatoms. The summed E-state index contributed by atoms with van der Waals surface area (Å²) in [4.78, 5) is 16.6. The number of ether oxygens (including phenoxy) is 4. The van der Waals surface area contributed by atoms with Crippen LogP contribution in [0.3, 0.4) is 0 Å².